The average molecular weight is 490 g/mol. The molecule has 0 N–H and O–H groups in total. The zero-order valence-electron chi connectivity index (χ0n) is 15.6. The third kappa shape index (κ3) is 5.52. The smallest absolute Gasteiger partial charge is 0.416 e. The topological polar surface area (TPSA) is 72.4 Å². The standard InChI is InChI=1S/C19H12Cl2F3N3O3S/c1-10(28)27(13-4-2-3-11(7-13)19(22,23)24)18-25-12(9-31-18)8-30-17(29)16-14(20)5-6-15(21)26-16/h2-7,9H,8H2,1H3. The normalized spacial score (nSPS) is 11.3. The van der Waals surface area contributed by atoms with Gasteiger partial charge in [-0.25, -0.2) is 14.8 Å². The van der Waals surface area contributed by atoms with Gasteiger partial charge in [0, 0.05) is 12.3 Å². The first-order valence-electron chi connectivity index (χ1n) is 8.48. The number of alkyl halides is 3. The van der Waals surface area contributed by atoms with E-state index in [1.807, 2.05) is 0 Å². The van der Waals surface area contributed by atoms with Gasteiger partial charge in [-0.2, -0.15) is 13.2 Å². The minimum Gasteiger partial charge on any atom is -0.454 e. The van der Waals surface area contributed by atoms with Crippen molar-refractivity contribution in [2.75, 3.05) is 4.90 Å². The van der Waals surface area contributed by atoms with Crippen molar-refractivity contribution >= 4 is 57.2 Å². The molecule has 0 unspecified atom stereocenters. The molecule has 0 bridgehead atoms. The SMILES string of the molecule is CC(=O)N(c1cccc(C(F)(F)F)c1)c1nc(COC(=O)c2nc(Cl)ccc2Cl)cs1. The maximum Gasteiger partial charge on any atom is 0.416 e. The Kier molecular flexibility index (Phi) is 6.83. The molecule has 31 heavy (non-hydrogen) atoms. The van der Waals surface area contributed by atoms with E-state index in [-0.39, 0.29) is 39.0 Å². The molecule has 6 nitrogen and oxygen atoms in total. The molecule has 162 valence electrons. The molecule has 0 atom stereocenters. The summed E-state index contributed by atoms with van der Waals surface area (Å²) < 4.78 is 44.2. The summed E-state index contributed by atoms with van der Waals surface area (Å²) >= 11 is 12.7. The Balaban J connectivity index is 1.79. The lowest BCUT2D eigenvalue weighted by atomic mass is 10.2. The molecule has 3 aromatic rings. The summed E-state index contributed by atoms with van der Waals surface area (Å²) in [5.74, 6) is -1.37. The second-order valence-corrected chi connectivity index (χ2v) is 7.70. The van der Waals surface area contributed by atoms with Gasteiger partial charge in [0.15, 0.2) is 10.8 Å². The first kappa shape index (κ1) is 23.0. The number of thiazole rings is 1. The number of amides is 1. The van der Waals surface area contributed by atoms with Crippen LogP contribution < -0.4 is 4.90 Å². The number of ether oxygens (including phenoxy) is 1. The Labute approximate surface area is 188 Å². The lowest BCUT2D eigenvalue weighted by Crippen LogP contribution is -2.23. The largest absolute Gasteiger partial charge is 0.454 e. The molecular weight excluding hydrogens is 478 g/mol. The van der Waals surface area contributed by atoms with Crippen LogP contribution in [0, 0.1) is 0 Å². The van der Waals surface area contributed by atoms with Crippen LogP contribution in [0.5, 0.6) is 0 Å². The minimum absolute atomic E-state index is 0.00938. The molecular formula is C19H12Cl2F3N3O3S. The van der Waals surface area contributed by atoms with E-state index in [1.165, 1.54) is 36.6 Å². The fourth-order valence-corrected chi connectivity index (χ4v) is 3.68. The highest BCUT2D eigenvalue weighted by Crippen LogP contribution is 2.35. The Morgan fingerprint density at radius 1 is 1.16 bits per heavy atom. The molecule has 0 saturated heterocycles. The van der Waals surface area contributed by atoms with E-state index in [4.69, 9.17) is 27.9 Å². The summed E-state index contributed by atoms with van der Waals surface area (Å²) in [4.78, 5) is 33.3. The van der Waals surface area contributed by atoms with Gasteiger partial charge in [0.2, 0.25) is 5.91 Å². The Bertz CT molecular complexity index is 1140. The predicted octanol–water partition coefficient (Wildman–Crippen LogP) is 5.91. The van der Waals surface area contributed by atoms with Gasteiger partial charge in [0.05, 0.1) is 22.0 Å². The quantitative estimate of drug-likeness (QED) is 0.329. The molecule has 1 amide bonds. The molecule has 0 spiro atoms. The van der Waals surface area contributed by atoms with Crippen molar-refractivity contribution in [2.24, 2.45) is 0 Å². The molecule has 1 aromatic carbocycles. The second-order valence-electron chi connectivity index (χ2n) is 6.06. The molecule has 0 aliphatic carbocycles. The zero-order chi connectivity index (χ0) is 22.8. The van der Waals surface area contributed by atoms with Crippen molar-refractivity contribution in [1.29, 1.82) is 0 Å². The van der Waals surface area contributed by atoms with E-state index in [2.05, 4.69) is 9.97 Å². The number of hydrogen-bond donors (Lipinski definition) is 0. The van der Waals surface area contributed by atoms with Gasteiger partial charge in [-0.1, -0.05) is 29.3 Å². The van der Waals surface area contributed by atoms with Crippen molar-refractivity contribution < 1.29 is 27.5 Å². The van der Waals surface area contributed by atoms with Crippen LogP contribution in [0.2, 0.25) is 10.2 Å². The van der Waals surface area contributed by atoms with E-state index in [1.54, 1.807) is 0 Å². The molecule has 0 fully saturated rings. The van der Waals surface area contributed by atoms with Crippen molar-refractivity contribution in [2.45, 2.75) is 19.7 Å². The van der Waals surface area contributed by atoms with E-state index >= 15 is 0 Å². The summed E-state index contributed by atoms with van der Waals surface area (Å²) in [6.45, 7) is 0.933. The van der Waals surface area contributed by atoms with E-state index in [0.717, 1.165) is 28.4 Å². The number of nitrogens with zero attached hydrogens (tertiary/aromatic N) is 3. The fourth-order valence-electron chi connectivity index (χ4n) is 2.48. The van der Waals surface area contributed by atoms with Gasteiger partial charge in [-0.15, -0.1) is 11.3 Å². The number of pyridine rings is 1. The lowest BCUT2D eigenvalue weighted by molar-refractivity contribution is -0.137. The lowest BCUT2D eigenvalue weighted by Gasteiger charge is -2.19. The van der Waals surface area contributed by atoms with Crippen LogP contribution in [0.15, 0.2) is 41.8 Å². The monoisotopic (exact) mass is 489 g/mol. The van der Waals surface area contributed by atoms with Crippen LogP contribution in [0.3, 0.4) is 0 Å². The van der Waals surface area contributed by atoms with Crippen LogP contribution in [-0.2, 0) is 22.3 Å². The number of rotatable bonds is 5. The van der Waals surface area contributed by atoms with Crippen molar-refractivity contribution in [1.82, 2.24) is 9.97 Å². The summed E-state index contributed by atoms with van der Waals surface area (Å²) in [5.41, 5.74) is -0.772. The van der Waals surface area contributed by atoms with Crippen molar-refractivity contribution in [3.8, 4) is 0 Å². The maximum atomic E-state index is 13.0. The zero-order valence-corrected chi connectivity index (χ0v) is 17.9. The van der Waals surface area contributed by atoms with E-state index < -0.39 is 23.6 Å². The van der Waals surface area contributed by atoms with Crippen LogP contribution in [0.4, 0.5) is 24.0 Å². The highest BCUT2D eigenvalue weighted by atomic mass is 35.5. The van der Waals surface area contributed by atoms with Crippen LogP contribution >= 0.6 is 34.5 Å². The fraction of sp³-hybridized carbons (Fsp3) is 0.158. The van der Waals surface area contributed by atoms with Gasteiger partial charge >= 0.3 is 12.1 Å². The summed E-state index contributed by atoms with van der Waals surface area (Å²) in [7, 11) is 0. The molecule has 0 aliphatic heterocycles. The predicted molar refractivity (Wildman–Crippen MR) is 110 cm³/mol. The number of benzene rings is 1. The number of anilines is 2. The maximum absolute atomic E-state index is 13.0. The van der Waals surface area contributed by atoms with Gasteiger partial charge in [-0.05, 0) is 30.3 Å². The van der Waals surface area contributed by atoms with Gasteiger partial charge < -0.3 is 4.74 Å². The number of esters is 1. The van der Waals surface area contributed by atoms with Crippen LogP contribution in [-0.4, -0.2) is 21.8 Å². The van der Waals surface area contributed by atoms with Gasteiger partial charge in [0.25, 0.3) is 0 Å². The third-order valence-corrected chi connectivity index (χ3v) is 5.22. The van der Waals surface area contributed by atoms with Crippen LogP contribution in [0.1, 0.15) is 28.7 Å². The third-order valence-electron chi connectivity index (χ3n) is 3.83. The molecule has 2 heterocycles. The summed E-state index contributed by atoms with van der Waals surface area (Å²) in [6.07, 6.45) is -4.56. The second kappa shape index (κ2) is 9.21. The van der Waals surface area contributed by atoms with Gasteiger partial charge in [-0.3, -0.25) is 9.69 Å². The highest BCUT2D eigenvalue weighted by molar-refractivity contribution is 7.14. The molecule has 3 rings (SSSR count). The Morgan fingerprint density at radius 3 is 2.58 bits per heavy atom. The van der Waals surface area contributed by atoms with E-state index in [9.17, 15) is 22.8 Å². The number of aromatic nitrogens is 2. The Hall–Kier alpha value is -2.69. The van der Waals surface area contributed by atoms with Crippen molar-refractivity contribution in [3.05, 3.63) is 68.9 Å². The average Bonchev–Trinajstić information content (AvgIpc) is 3.16. The molecule has 0 aliphatic rings. The highest BCUT2D eigenvalue weighted by Gasteiger charge is 2.31. The first-order valence-corrected chi connectivity index (χ1v) is 10.1. The van der Waals surface area contributed by atoms with E-state index in [0.29, 0.717) is 0 Å². The first-order chi connectivity index (χ1) is 14.6. The molecule has 12 heteroatoms. The number of carbonyl (C=O) groups excluding carboxylic acids is 2. The van der Waals surface area contributed by atoms with Crippen molar-refractivity contribution in [3.63, 3.8) is 0 Å². The number of hydrogen-bond acceptors (Lipinski definition) is 6. The van der Waals surface area contributed by atoms with Gasteiger partial charge in [0.1, 0.15) is 11.8 Å². The Morgan fingerprint density at radius 2 is 1.90 bits per heavy atom. The van der Waals surface area contributed by atoms with Crippen LogP contribution in [0.25, 0.3) is 0 Å². The number of carbonyl (C=O) groups is 2. The number of halogens is 5. The molecule has 0 radical (unpaired) electrons. The molecule has 0 saturated carbocycles. The summed E-state index contributed by atoms with van der Waals surface area (Å²) in [5, 5.41) is 1.75. The summed E-state index contributed by atoms with van der Waals surface area (Å²) in [6, 6.07) is 7.14. The molecule has 2 aromatic heterocycles. The minimum atomic E-state index is -4.56.